The SMILES string of the molecule is COc1cc(C=Cc2nc3n(n2)CCC[C@@]3(O)c2cc(F)cc(F)c2)ccc1-n1cnc(C)c1. The molecule has 0 fully saturated rings. The van der Waals surface area contributed by atoms with Gasteiger partial charge in [0.2, 0.25) is 0 Å². The summed E-state index contributed by atoms with van der Waals surface area (Å²) in [5.74, 6) is -0.154. The molecular formula is C25H23F2N5O2. The number of rotatable bonds is 5. The number of hydrogen-bond acceptors (Lipinski definition) is 5. The van der Waals surface area contributed by atoms with Gasteiger partial charge >= 0.3 is 0 Å². The standard InChI is InChI=1S/C25H23F2N5O2/c1-16-14-31(15-28-16)21-6-4-17(10-22(21)34-2)5-7-23-29-24-25(33,8-3-9-32(24)30-23)18-11-19(26)13-20(27)12-18/h4-7,10-15,33H,3,8-9H2,1-2H3/t25-/m1/s1. The number of benzene rings is 2. The summed E-state index contributed by atoms with van der Waals surface area (Å²) in [5, 5.41) is 15.8. The average molecular weight is 463 g/mol. The van der Waals surface area contributed by atoms with E-state index in [9.17, 15) is 13.9 Å². The van der Waals surface area contributed by atoms with Crippen LogP contribution in [0.3, 0.4) is 0 Å². The highest BCUT2D eigenvalue weighted by Crippen LogP contribution is 2.37. The van der Waals surface area contributed by atoms with Crippen molar-refractivity contribution in [2.24, 2.45) is 0 Å². The molecular weight excluding hydrogens is 440 g/mol. The predicted molar refractivity (Wildman–Crippen MR) is 122 cm³/mol. The van der Waals surface area contributed by atoms with Crippen molar-refractivity contribution in [3.05, 3.63) is 89.0 Å². The van der Waals surface area contributed by atoms with Gasteiger partial charge in [-0.25, -0.2) is 23.4 Å². The van der Waals surface area contributed by atoms with Crippen molar-refractivity contribution in [3.8, 4) is 11.4 Å². The molecule has 0 bridgehead atoms. The van der Waals surface area contributed by atoms with Crippen molar-refractivity contribution >= 4 is 12.2 Å². The van der Waals surface area contributed by atoms with Crippen LogP contribution in [-0.4, -0.2) is 36.5 Å². The minimum absolute atomic E-state index is 0.129. The molecule has 0 spiro atoms. The molecule has 4 aromatic rings. The molecule has 1 aliphatic heterocycles. The topological polar surface area (TPSA) is 78.0 Å². The molecule has 0 radical (unpaired) electrons. The molecule has 0 saturated heterocycles. The van der Waals surface area contributed by atoms with Crippen LogP contribution in [-0.2, 0) is 12.1 Å². The van der Waals surface area contributed by atoms with Gasteiger partial charge in [-0.1, -0.05) is 12.1 Å². The van der Waals surface area contributed by atoms with Crippen LogP contribution in [0, 0.1) is 18.6 Å². The molecule has 9 heteroatoms. The van der Waals surface area contributed by atoms with Gasteiger partial charge in [-0.2, -0.15) is 5.10 Å². The molecule has 7 nitrogen and oxygen atoms in total. The molecule has 1 atom stereocenters. The van der Waals surface area contributed by atoms with Crippen molar-refractivity contribution in [3.63, 3.8) is 0 Å². The Balaban J connectivity index is 1.45. The van der Waals surface area contributed by atoms with E-state index in [2.05, 4.69) is 15.1 Å². The molecule has 2 aromatic heterocycles. The second-order valence-corrected chi connectivity index (χ2v) is 8.33. The first-order valence-corrected chi connectivity index (χ1v) is 10.9. The number of methoxy groups -OCH3 is 1. The number of nitrogens with zero attached hydrogens (tertiary/aromatic N) is 5. The van der Waals surface area contributed by atoms with Crippen LogP contribution in [0.1, 0.15) is 41.3 Å². The summed E-state index contributed by atoms with van der Waals surface area (Å²) in [6.45, 7) is 2.48. The first kappa shape index (κ1) is 22.0. The van der Waals surface area contributed by atoms with E-state index in [4.69, 9.17) is 4.74 Å². The van der Waals surface area contributed by atoms with E-state index in [0.29, 0.717) is 31.0 Å². The van der Waals surface area contributed by atoms with Crippen LogP contribution in [0.2, 0.25) is 0 Å². The Morgan fingerprint density at radius 2 is 1.91 bits per heavy atom. The highest BCUT2D eigenvalue weighted by Gasteiger charge is 2.40. The number of aromatic nitrogens is 5. The van der Waals surface area contributed by atoms with Crippen molar-refractivity contribution in [2.75, 3.05) is 7.11 Å². The number of aliphatic hydroxyl groups is 1. The van der Waals surface area contributed by atoms with Gasteiger partial charge in [0.15, 0.2) is 11.6 Å². The summed E-state index contributed by atoms with van der Waals surface area (Å²) in [6, 6.07) is 8.82. The summed E-state index contributed by atoms with van der Waals surface area (Å²) in [7, 11) is 1.61. The number of aryl methyl sites for hydroxylation is 2. The van der Waals surface area contributed by atoms with Gasteiger partial charge in [-0.3, -0.25) is 0 Å². The maximum atomic E-state index is 13.8. The van der Waals surface area contributed by atoms with Gasteiger partial charge in [0.25, 0.3) is 0 Å². The lowest BCUT2D eigenvalue weighted by atomic mass is 9.86. The lowest BCUT2D eigenvalue weighted by molar-refractivity contribution is 0.0389. The third-order valence-corrected chi connectivity index (χ3v) is 5.93. The van der Waals surface area contributed by atoms with Crippen LogP contribution in [0.5, 0.6) is 5.75 Å². The highest BCUT2D eigenvalue weighted by atomic mass is 19.1. The van der Waals surface area contributed by atoms with Gasteiger partial charge < -0.3 is 14.4 Å². The van der Waals surface area contributed by atoms with Gasteiger partial charge in [0.05, 0.1) is 24.8 Å². The lowest BCUT2D eigenvalue weighted by Crippen LogP contribution is -2.35. The molecule has 0 unspecified atom stereocenters. The lowest BCUT2D eigenvalue weighted by Gasteiger charge is -2.31. The van der Waals surface area contributed by atoms with Crippen molar-refractivity contribution in [2.45, 2.75) is 31.9 Å². The highest BCUT2D eigenvalue weighted by molar-refractivity contribution is 5.69. The van der Waals surface area contributed by atoms with Crippen LogP contribution >= 0.6 is 0 Å². The number of fused-ring (bicyclic) bond motifs is 1. The second-order valence-electron chi connectivity index (χ2n) is 8.33. The molecule has 34 heavy (non-hydrogen) atoms. The number of imidazole rings is 1. The van der Waals surface area contributed by atoms with E-state index in [0.717, 1.165) is 35.1 Å². The van der Waals surface area contributed by atoms with E-state index in [-0.39, 0.29) is 11.4 Å². The minimum Gasteiger partial charge on any atom is -0.495 e. The fraction of sp³-hybridized carbons (Fsp3) is 0.240. The number of halogens is 2. The van der Waals surface area contributed by atoms with E-state index >= 15 is 0 Å². The fourth-order valence-electron chi connectivity index (χ4n) is 4.29. The molecule has 1 N–H and O–H groups in total. The third kappa shape index (κ3) is 3.99. The van der Waals surface area contributed by atoms with Gasteiger partial charge in [-0.15, -0.1) is 0 Å². The average Bonchev–Trinajstić information content (AvgIpc) is 3.44. The fourth-order valence-corrected chi connectivity index (χ4v) is 4.29. The molecule has 1 aliphatic rings. The van der Waals surface area contributed by atoms with Crippen molar-refractivity contribution in [1.29, 1.82) is 0 Å². The molecule has 5 rings (SSSR count). The first-order valence-electron chi connectivity index (χ1n) is 10.9. The molecule has 0 amide bonds. The quantitative estimate of drug-likeness (QED) is 0.479. The smallest absolute Gasteiger partial charge is 0.174 e. The zero-order chi connectivity index (χ0) is 23.9. The third-order valence-electron chi connectivity index (χ3n) is 5.93. The Labute approximate surface area is 195 Å². The Morgan fingerprint density at radius 1 is 1.12 bits per heavy atom. The summed E-state index contributed by atoms with van der Waals surface area (Å²) in [4.78, 5) is 8.75. The second kappa shape index (κ2) is 8.49. The van der Waals surface area contributed by atoms with Crippen LogP contribution in [0.4, 0.5) is 8.78 Å². The number of hydrogen-bond donors (Lipinski definition) is 1. The van der Waals surface area contributed by atoms with Crippen molar-refractivity contribution < 1.29 is 18.6 Å². The Bertz CT molecular complexity index is 1370. The van der Waals surface area contributed by atoms with E-state index in [1.807, 2.05) is 42.0 Å². The Morgan fingerprint density at radius 3 is 2.62 bits per heavy atom. The van der Waals surface area contributed by atoms with Crippen LogP contribution < -0.4 is 4.74 Å². The largest absolute Gasteiger partial charge is 0.495 e. The molecule has 174 valence electrons. The zero-order valence-corrected chi connectivity index (χ0v) is 18.7. The van der Waals surface area contributed by atoms with Gasteiger partial charge in [0.1, 0.15) is 23.0 Å². The normalized spacial score (nSPS) is 17.8. The molecule has 0 saturated carbocycles. The maximum Gasteiger partial charge on any atom is 0.174 e. The van der Waals surface area contributed by atoms with Crippen molar-refractivity contribution in [1.82, 2.24) is 24.3 Å². The van der Waals surface area contributed by atoms with E-state index in [1.54, 1.807) is 24.2 Å². The molecule has 2 aromatic carbocycles. The predicted octanol–water partition coefficient (Wildman–Crippen LogP) is 4.26. The Hall–Kier alpha value is -3.85. The first-order chi connectivity index (χ1) is 16.4. The summed E-state index contributed by atoms with van der Waals surface area (Å²) in [6.07, 6.45) is 8.11. The van der Waals surface area contributed by atoms with E-state index < -0.39 is 17.2 Å². The summed E-state index contributed by atoms with van der Waals surface area (Å²) >= 11 is 0. The minimum atomic E-state index is -1.62. The maximum absolute atomic E-state index is 13.8. The molecule has 0 aliphatic carbocycles. The summed E-state index contributed by atoms with van der Waals surface area (Å²) in [5.41, 5.74) is 1.15. The van der Waals surface area contributed by atoms with E-state index in [1.165, 1.54) is 0 Å². The zero-order valence-electron chi connectivity index (χ0n) is 18.7. The van der Waals surface area contributed by atoms with Gasteiger partial charge in [-0.05, 0) is 61.2 Å². The van der Waals surface area contributed by atoms with Gasteiger partial charge in [0, 0.05) is 18.8 Å². The monoisotopic (exact) mass is 463 g/mol. The molecule has 3 heterocycles. The number of ether oxygens (including phenoxy) is 1. The summed E-state index contributed by atoms with van der Waals surface area (Å²) < 4.78 is 36.7. The van der Waals surface area contributed by atoms with Crippen LogP contribution in [0.15, 0.2) is 48.9 Å². The van der Waals surface area contributed by atoms with Crippen LogP contribution in [0.25, 0.3) is 17.8 Å². The Kier molecular flexibility index (Phi) is 5.49.